The zero-order valence-electron chi connectivity index (χ0n) is 9.81. The number of benzene rings is 1. The zero-order valence-corrected chi connectivity index (χ0v) is 9.81. The van der Waals surface area contributed by atoms with E-state index < -0.39 is 5.97 Å². The smallest absolute Gasteiger partial charge is 0.336 e. The van der Waals surface area contributed by atoms with Crippen LogP contribution in [0.1, 0.15) is 46.8 Å². The number of carbonyl (C=O) groups is 1. The van der Waals surface area contributed by atoms with Gasteiger partial charge in [-0.15, -0.1) is 0 Å². The highest BCUT2D eigenvalue weighted by Crippen LogP contribution is 2.41. The summed E-state index contributed by atoms with van der Waals surface area (Å²) in [5.41, 5.74) is 7.26. The van der Waals surface area contributed by atoms with Crippen LogP contribution < -0.4 is 5.73 Å². The SMILES string of the molecule is Cc1ccc(C(=O)O)c([C@H](N)C2CCC2)c1O. The van der Waals surface area contributed by atoms with Crippen molar-refractivity contribution in [2.45, 2.75) is 32.2 Å². The van der Waals surface area contributed by atoms with E-state index in [0.717, 1.165) is 19.3 Å². The summed E-state index contributed by atoms with van der Waals surface area (Å²) < 4.78 is 0. The van der Waals surface area contributed by atoms with Gasteiger partial charge in [-0.3, -0.25) is 0 Å². The van der Waals surface area contributed by atoms with Crippen LogP contribution in [0.4, 0.5) is 0 Å². The molecule has 0 amide bonds. The highest BCUT2D eigenvalue weighted by atomic mass is 16.4. The van der Waals surface area contributed by atoms with Gasteiger partial charge in [0.1, 0.15) is 5.75 Å². The molecule has 92 valence electrons. The van der Waals surface area contributed by atoms with Crippen molar-refractivity contribution in [1.29, 1.82) is 0 Å². The molecule has 0 saturated heterocycles. The average Bonchev–Trinajstić information content (AvgIpc) is 2.18. The van der Waals surface area contributed by atoms with Crippen molar-refractivity contribution in [3.8, 4) is 5.75 Å². The number of phenols is 1. The highest BCUT2D eigenvalue weighted by Gasteiger charge is 2.30. The van der Waals surface area contributed by atoms with E-state index in [1.165, 1.54) is 6.07 Å². The van der Waals surface area contributed by atoms with E-state index in [2.05, 4.69) is 0 Å². The third kappa shape index (κ3) is 2.00. The van der Waals surface area contributed by atoms with Crippen LogP contribution in [0.25, 0.3) is 0 Å². The minimum atomic E-state index is -1.04. The maximum Gasteiger partial charge on any atom is 0.336 e. The fourth-order valence-corrected chi connectivity index (χ4v) is 2.28. The second-order valence-electron chi connectivity index (χ2n) is 4.71. The second kappa shape index (κ2) is 4.37. The monoisotopic (exact) mass is 235 g/mol. The molecular weight excluding hydrogens is 218 g/mol. The average molecular weight is 235 g/mol. The first-order valence-electron chi connectivity index (χ1n) is 5.83. The molecule has 1 aliphatic carbocycles. The highest BCUT2D eigenvalue weighted by molar-refractivity contribution is 5.90. The molecule has 0 heterocycles. The maximum atomic E-state index is 11.2. The maximum absolute atomic E-state index is 11.2. The number of hydrogen-bond acceptors (Lipinski definition) is 3. The Hall–Kier alpha value is -1.55. The number of aryl methyl sites for hydroxylation is 1. The topological polar surface area (TPSA) is 83.5 Å². The molecule has 1 fully saturated rings. The number of nitrogens with two attached hydrogens (primary N) is 1. The number of rotatable bonds is 3. The van der Waals surface area contributed by atoms with E-state index in [4.69, 9.17) is 10.8 Å². The van der Waals surface area contributed by atoms with Crippen molar-refractivity contribution in [2.24, 2.45) is 11.7 Å². The number of aromatic hydroxyl groups is 1. The van der Waals surface area contributed by atoms with Gasteiger partial charge in [0, 0.05) is 11.6 Å². The molecule has 1 saturated carbocycles. The summed E-state index contributed by atoms with van der Waals surface area (Å²) in [6.07, 6.45) is 3.15. The Morgan fingerprint density at radius 3 is 2.59 bits per heavy atom. The predicted molar refractivity (Wildman–Crippen MR) is 64.1 cm³/mol. The van der Waals surface area contributed by atoms with Crippen molar-refractivity contribution in [3.63, 3.8) is 0 Å². The number of hydrogen-bond donors (Lipinski definition) is 3. The summed E-state index contributed by atoms with van der Waals surface area (Å²) in [7, 11) is 0. The van der Waals surface area contributed by atoms with E-state index in [9.17, 15) is 9.90 Å². The molecule has 1 aliphatic rings. The van der Waals surface area contributed by atoms with Gasteiger partial charge in [0.15, 0.2) is 0 Å². The second-order valence-corrected chi connectivity index (χ2v) is 4.71. The lowest BCUT2D eigenvalue weighted by molar-refractivity contribution is 0.0693. The summed E-state index contributed by atoms with van der Waals surface area (Å²) in [5, 5.41) is 19.2. The predicted octanol–water partition coefficient (Wildman–Crippen LogP) is 2.20. The molecule has 1 aromatic carbocycles. The fraction of sp³-hybridized carbons (Fsp3) is 0.462. The Morgan fingerprint density at radius 2 is 2.12 bits per heavy atom. The molecular formula is C13H17NO3. The van der Waals surface area contributed by atoms with Gasteiger partial charge in [0.25, 0.3) is 0 Å². The van der Waals surface area contributed by atoms with Crippen LogP contribution in [0.5, 0.6) is 5.75 Å². The first-order chi connectivity index (χ1) is 8.02. The largest absolute Gasteiger partial charge is 0.507 e. The molecule has 4 nitrogen and oxygen atoms in total. The quantitative estimate of drug-likeness (QED) is 0.750. The lowest BCUT2D eigenvalue weighted by atomic mass is 9.76. The van der Waals surface area contributed by atoms with E-state index in [1.54, 1.807) is 13.0 Å². The minimum absolute atomic E-state index is 0.0318. The van der Waals surface area contributed by atoms with E-state index in [1.807, 2.05) is 0 Å². The molecule has 17 heavy (non-hydrogen) atoms. The number of carboxylic acid groups (broad SMARTS) is 1. The normalized spacial score (nSPS) is 17.5. The van der Waals surface area contributed by atoms with Crippen LogP contribution in [0.15, 0.2) is 12.1 Å². The molecule has 0 aliphatic heterocycles. The van der Waals surface area contributed by atoms with E-state index in [0.29, 0.717) is 17.0 Å². The number of phenolic OH excluding ortho intramolecular Hbond substituents is 1. The molecule has 0 bridgehead atoms. The standard InChI is InChI=1S/C13H17NO3/c1-7-5-6-9(13(16)17)10(12(7)15)11(14)8-3-2-4-8/h5-6,8,11,15H,2-4,14H2,1H3,(H,16,17)/t11-/m1/s1. The van der Waals surface area contributed by atoms with Crippen LogP contribution in [0.2, 0.25) is 0 Å². The Labute approximate surface area is 100 Å². The van der Waals surface area contributed by atoms with Crippen molar-refractivity contribution < 1.29 is 15.0 Å². The third-order valence-electron chi connectivity index (χ3n) is 3.64. The molecule has 4 heteroatoms. The molecule has 1 atom stereocenters. The van der Waals surface area contributed by atoms with E-state index in [-0.39, 0.29) is 17.4 Å². The Bertz CT molecular complexity index is 452. The van der Waals surface area contributed by atoms with Gasteiger partial charge in [-0.25, -0.2) is 4.79 Å². The summed E-state index contributed by atoms with van der Waals surface area (Å²) in [6, 6.07) is 2.75. The zero-order chi connectivity index (χ0) is 12.6. The van der Waals surface area contributed by atoms with Crippen molar-refractivity contribution in [3.05, 3.63) is 28.8 Å². The molecule has 0 spiro atoms. The molecule has 0 radical (unpaired) electrons. The van der Waals surface area contributed by atoms with Gasteiger partial charge in [-0.1, -0.05) is 12.5 Å². The van der Waals surface area contributed by atoms with Crippen LogP contribution in [0, 0.1) is 12.8 Å². The number of carboxylic acids is 1. The van der Waals surface area contributed by atoms with Crippen LogP contribution >= 0.6 is 0 Å². The van der Waals surface area contributed by atoms with E-state index >= 15 is 0 Å². The van der Waals surface area contributed by atoms with Gasteiger partial charge in [-0.2, -0.15) is 0 Å². The summed E-state index contributed by atoms with van der Waals surface area (Å²) in [5.74, 6) is -0.713. The van der Waals surface area contributed by atoms with Crippen LogP contribution in [-0.4, -0.2) is 16.2 Å². The molecule has 4 N–H and O–H groups in total. The lowest BCUT2D eigenvalue weighted by Gasteiger charge is -2.32. The lowest BCUT2D eigenvalue weighted by Crippen LogP contribution is -2.28. The molecule has 2 rings (SSSR count). The Balaban J connectivity index is 2.48. The Kier molecular flexibility index (Phi) is 3.07. The minimum Gasteiger partial charge on any atom is -0.507 e. The first-order valence-corrected chi connectivity index (χ1v) is 5.83. The number of aromatic carboxylic acids is 1. The molecule has 1 aromatic rings. The molecule has 0 unspecified atom stereocenters. The van der Waals surface area contributed by atoms with Gasteiger partial charge in [-0.05, 0) is 37.3 Å². The van der Waals surface area contributed by atoms with Crippen molar-refractivity contribution >= 4 is 5.97 Å². The summed E-state index contributed by atoms with van der Waals surface area (Å²) in [4.78, 5) is 11.2. The van der Waals surface area contributed by atoms with Crippen LogP contribution in [-0.2, 0) is 0 Å². The van der Waals surface area contributed by atoms with Crippen molar-refractivity contribution in [1.82, 2.24) is 0 Å². The van der Waals surface area contributed by atoms with Gasteiger partial charge < -0.3 is 15.9 Å². The van der Waals surface area contributed by atoms with Gasteiger partial charge in [0.05, 0.1) is 5.56 Å². The van der Waals surface area contributed by atoms with Gasteiger partial charge in [0.2, 0.25) is 0 Å². The first kappa shape index (κ1) is 11.9. The van der Waals surface area contributed by atoms with Gasteiger partial charge >= 0.3 is 5.97 Å². The molecule has 0 aromatic heterocycles. The Morgan fingerprint density at radius 1 is 1.47 bits per heavy atom. The summed E-state index contributed by atoms with van der Waals surface area (Å²) in [6.45, 7) is 1.75. The van der Waals surface area contributed by atoms with Crippen LogP contribution in [0.3, 0.4) is 0 Å². The van der Waals surface area contributed by atoms with Crippen molar-refractivity contribution in [2.75, 3.05) is 0 Å². The third-order valence-corrected chi connectivity index (χ3v) is 3.64. The fourth-order valence-electron chi connectivity index (χ4n) is 2.28. The summed E-state index contributed by atoms with van der Waals surface area (Å²) >= 11 is 0.